The van der Waals surface area contributed by atoms with Gasteiger partial charge in [0.1, 0.15) is 0 Å². The van der Waals surface area contributed by atoms with Crippen LogP contribution in [0.3, 0.4) is 0 Å². The van der Waals surface area contributed by atoms with Crippen LogP contribution in [0.15, 0.2) is 24.3 Å². The van der Waals surface area contributed by atoms with E-state index in [9.17, 15) is 0 Å². The maximum absolute atomic E-state index is 2.43. The van der Waals surface area contributed by atoms with Crippen LogP contribution in [0.2, 0.25) is 0 Å². The van der Waals surface area contributed by atoms with E-state index in [1.54, 1.807) is 0 Å². The molecule has 0 amide bonds. The summed E-state index contributed by atoms with van der Waals surface area (Å²) < 4.78 is 0. The third-order valence-electron chi connectivity index (χ3n) is 4.71. The van der Waals surface area contributed by atoms with Crippen LogP contribution in [0.5, 0.6) is 0 Å². The van der Waals surface area contributed by atoms with Crippen molar-refractivity contribution in [1.82, 2.24) is 0 Å². The van der Waals surface area contributed by atoms with Crippen LogP contribution >= 0.6 is 0 Å². The topological polar surface area (TPSA) is 0 Å². The molecule has 0 spiro atoms. The van der Waals surface area contributed by atoms with E-state index in [4.69, 9.17) is 0 Å². The number of aryl methyl sites for hydroxylation is 2. The summed E-state index contributed by atoms with van der Waals surface area (Å²) >= 11 is 0. The van der Waals surface area contributed by atoms with Crippen LogP contribution in [0.4, 0.5) is 0 Å². The molecule has 0 heterocycles. The average molecular weight is 296 g/mol. The van der Waals surface area contributed by atoms with Crippen LogP contribution < -0.4 is 0 Å². The molecule has 0 aromatic heterocycles. The minimum atomic E-state index is 0.197. The fourth-order valence-corrected chi connectivity index (χ4v) is 3.12. The van der Waals surface area contributed by atoms with Crippen molar-refractivity contribution in [2.45, 2.75) is 79.1 Å². The van der Waals surface area contributed by atoms with Gasteiger partial charge in [-0.05, 0) is 56.7 Å². The first kappa shape index (κ1) is 17.1. The van der Waals surface area contributed by atoms with Gasteiger partial charge in [0.05, 0.1) is 0 Å². The number of rotatable bonds is 2. The smallest absolute Gasteiger partial charge is 0.0120 e. The molecule has 0 nitrogen and oxygen atoms in total. The second kappa shape index (κ2) is 5.72. The molecule has 0 N–H and O–H groups in total. The molecule has 120 valence electrons. The lowest BCUT2D eigenvalue weighted by Gasteiger charge is -2.25. The first-order valence-corrected chi connectivity index (χ1v) is 8.68. The van der Waals surface area contributed by atoms with Gasteiger partial charge in [0, 0.05) is 0 Å². The highest BCUT2D eigenvalue weighted by Crippen LogP contribution is 2.35. The van der Waals surface area contributed by atoms with Crippen molar-refractivity contribution in [1.29, 1.82) is 0 Å². The van der Waals surface area contributed by atoms with Crippen molar-refractivity contribution in [2.75, 3.05) is 0 Å². The molecular weight excluding hydrogens is 264 g/mol. The monoisotopic (exact) mass is 296 g/mol. The zero-order valence-corrected chi connectivity index (χ0v) is 15.7. The summed E-state index contributed by atoms with van der Waals surface area (Å²) in [5.74, 6) is 0. The van der Waals surface area contributed by atoms with Gasteiger partial charge in [0.2, 0.25) is 0 Å². The van der Waals surface area contributed by atoms with E-state index in [0.717, 1.165) is 12.8 Å². The Labute approximate surface area is 136 Å². The molecule has 0 aliphatic rings. The highest BCUT2D eigenvalue weighted by atomic mass is 14.2. The Balaban J connectivity index is 2.87. The van der Waals surface area contributed by atoms with Crippen LogP contribution in [-0.4, -0.2) is 0 Å². The number of benzene rings is 2. The second-order valence-corrected chi connectivity index (χ2v) is 8.58. The summed E-state index contributed by atoms with van der Waals surface area (Å²) in [6.07, 6.45) is 2.20. The molecule has 0 aliphatic carbocycles. The summed E-state index contributed by atoms with van der Waals surface area (Å²) in [6, 6.07) is 9.70. The fraction of sp³-hybridized carbons (Fsp3) is 0.545. The lowest BCUT2D eigenvalue weighted by molar-refractivity contribution is 0.588. The van der Waals surface area contributed by atoms with Crippen molar-refractivity contribution in [3.63, 3.8) is 0 Å². The average Bonchev–Trinajstić information content (AvgIpc) is 2.42. The molecule has 0 heteroatoms. The quantitative estimate of drug-likeness (QED) is 0.588. The van der Waals surface area contributed by atoms with Crippen molar-refractivity contribution in [3.05, 3.63) is 46.5 Å². The largest absolute Gasteiger partial charge is 0.0613 e. The van der Waals surface area contributed by atoms with Crippen LogP contribution in [0, 0.1) is 0 Å². The standard InChI is InChI=1S/C22H32/c1-9-15-11-18(21(3,4)5)13-17-14-19(22(6,7)8)12-16(10-2)20(15)17/h11-14H,9-10H2,1-8H3. The fourth-order valence-electron chi connectivity index (χ4n) is 3.12. The Morgan fingerprint density at radius 1 is 0.636 bits per heavy atom. The molecule has 0 fully saturated rings. The van der Waals surface area contributed by atoms with Gasteiger partial charge in [-0.1, -0.05) is 79.7 Å². The summed E-state index contributed by atoms with van der Waals surface area (Å²) in [4.78, 5) is 0. The first-order valence-electron chi connectivity index (χ1n) is 8.68. The third kappa shape index (κ3) is 3.21. The predicted octanol–water partition coefficient (Wildman–Crippen LogP) is 6.56. The molecular formula is C22H32. The molecule has 0 saturated carbocycles. The molecule has 2 aromatic carbocycles. The summed E-state index contributed by atoms with van der Waals surface area (Å²) in [5, 5.41) is 2.92. The molecule has 0 unspecified atom stereocenters. The molecule has 2 aromatic rings. The van der Waals surface area contributed by atoms with Gasteiger partial charge in [-0.25, -0.2) is 0 Å². The predicted molar refractivity (Wildman–Crippen MR) is 100 cm³/mol. The summed E-state index contributed by atoms with van der Waals surface area (Å²) in [7, 11) is 0. The van der Waals surface area contributed by atoms with Gasteiger partial charge in [-0.3, -0.25) is 0 Å². The summed E-state index contributed by atoms with van der Waals surface area (Å²) in [5.41, 5.74) is 6.29. The van der Waals surface area contributed by atoms with Gasteiger partial charge in [-0.2, -0.15) is 0 Å². The Hall–Kier alpha value is -1.30. The maximum atomic E-state index is 2.43. The van der Waals surface area contributed by atoms with Gasteiger partial charge >= 0.3 is 0 Å². The van der Waals surface area contributed by atoms with E-state index in [1.807, 2.05) is 0 Å². The van der Waals surface area contributed by atoms with Gasteiger partial charge in [0.15, 0.2) is 0 Å². The molecule has 0 bridgehead atoms. The van der Waals surface area contributed by atoms with Crippen LogP contribution in [0.25, 0.3) is 10.8 Å². The summed E-state index contributed by atoms with van der Waals surface area (Å²) in [6.45, 7) is 18.4. The van der Waals surface area contributed by atoms with Crippen molar-refractivity contribution in [2.24, 2.45) is 0 Å². The third-order valence-corrected chi connectivity index (χ3v) is 4.71. The Kier molecular flexibility index (Phi) is 4.44. The van der Waals surface area contributed by atoms with E-state index < -0.39 is 0 Å². The lowest BCUT2D eigenvalue weighted by Crippen LogP contribution is -2.14. The molecule has 22 heavy (non-hydrogen) atoms. The van der Waals surface area contributed by atoms with Gasteiger partial charge < -0.3 is 0 Å². The number of fused-ring (bicyclic) bond motifs is 1. The Morgan fingerprint density at radius 3 is 1.27 bits per heavy atom. The van der Waals surface area contributed by atoms with E-state index >= 15 is 0 Å². The highest BCUT2D eigenvalue weighted by Gasteiger charge is 2.20. The van der Waals surface area contributed by atoms with Crippen molar-refractivity contribution in [3.8, 4) is 0 Å². The van der Waals surface area contributed by atoms with Crippen LogP contribution in [-0.2, 0) is 23.7 Å². The zero-order chi connectivity index (χ0) is 16.7. The number of hydrogen-bond donors (Lipinski definition) is 0. The Morgan fingerprint density at radius 2 is 1.00 bits per heavy atom. The zero-order valence-electron chi connectivity index (χ0n) is 15.7. The van der Waals surface area contributed by atoms with E-state index in [0.29, 0.717) is 0 Å². The normalized spacial score (nSPS) is 12.9. The minimum Gasteiger partial charge on any atom is -0.0613 e. The Bertz CT molecular complexity index is 619. The highest BCUT2D eigenvalue weighted by molar-refractivity contribution is 5.90. The van der Waals surface area contributed by atoms with Crippen molar-refractivity contribution >= 4 is 10.8 Å². The minimum absolute atomic E-state index is 0.197. The second-order valence-electron chi connectivity index (χ2n) is 8.58. The molecule has 0 aliphatic heterocycles. The van der Waals surface area contributed by atoms with E-state index in [1.165, 1.54) is 33.0 Å². The van der Waals surface area contributed by atoms with E-state index in [2.05, 4.69) is 79.7 Å². The first-order chi connectivity index (χ1) is 10.1. The van der Waals surface area contributed by atoms with Crippen molar-refractivity contribution < 1.29 is 0 Å². The maximum Gasteiger partial charge on any atom is -0.0120 e. The van der Waals surface area contributed by atoms with Crippen LogP contribution in [0.1, 0.15) is 77.6 Å². The number of hydrogen-bond acceptors (Lipinski definition) is 0. The molecule has 0 radical (unpaired) electrons. The molecule has 0 saturated heterocycles. The van der Waals surface area contributed by atoms with Gasteiger partial charge in [0.25, 0.3) is 0 Å². The van der Waals surface area contributed by atoms with E-state index in [-0.39, 0.29) is 10.8 Å². The van der Waals surface area contributed by atoms with Gasteiger partial charge in [-0.15, -0.1) is 0 Å². The lowest BCUT2D eigenvalue weighted by atomic mass is 9.80. The SMILES string of the molecule is CCc1cc(C(C)(C)C)cc2cc(C(C)(C)C)cc(CC)c12. The molecule has 2 rings (SSSR count). The molecule has 0 atom stereocenters.